The molecule has 2 nitrogen and oxygen atoms in total. The highest BCUT2D eigenvalue weighted by Gasteiger charge is 2.39. The number of hydrogen-bond donors (Lipinski definition) is 2. The molecule has 0 radical (unpaired) electrons. The molecule has 2 atom stereocenters. The summed E-state index contributed by atoms with van der Waals surface area (Å²) in [6.45, 7) is 3.81. The molecule has 1 aliphatic carbocycles. The molecule has 0 aromatic heterocycles. The van der Waals surface area contributed by atoms with E-state index in [1.807, 2.05) is 38.2 Å². The van der Waals surface area contributed by atoms with E-state index in [-0.39, 0.29) is 5.92 Å². The van der Waals surface area contributed by atoms with Gasteiger partial charge < -0.3 is 10.0 Å². The van der Waals surface area contributed by atoms with E-state index in [2.05, 4.69) is 0 Å². The molecule has 0 aliphatic heterocycles. The van der Waals surface area contributed by atoms with Crippen LogP contribution in [0.4, 0.5) is 0 Å². The fraction of sp³-hybridized carbons (Fsp3) is 0.500. The van der Waals surface area contributed by atoms with Crippen molar-refractivity contribution in [2.75, 3.05) is 0 Å². The van der Waals surface area contributed by atoms with Gasteiger partial charge in [-0.15, -0.1) is 0 Å². The van der Waals surface area contributed by atoms with E-state index in [1.54, 1.807) is 0 Å². The second kappa shape index (κ2) is 2.84. The summed E-state index contributed by atoms with van der Waals surface area (Å²) in [5.41, 5.74) is 0. The van der Waals surface area contributed by atoms with Crippen molar-refractivity contribution in [2.45, 2.75) is 19.2 Å². The minimum atomic E-state index is -1.28. The van der Waals surface area contributed by atoms with Gasteiger partial charge in [-0.3, -0.25) is 0 Å². The molecule has 1 rings (SSSR count). The Morgan fingerprint density at radius 3 is 2.36 bits per heavy atom. The van der Waals surface area contributed by atoms with Crippen LogP contribution < -0.4 is 0 Å². The standard InChI is InChI=1S/C8H13BO2/c1-7-5-3-4-6-8(7,2)9(10)11/h3-7,10-11H,1-2H3. The van der Waals surface area contributed by atoms with Gasteiger partial charge >= 0.3 is 7.12 Å². The molecule has 0 saturated heterocycles. The third-order valence-corrected chi connectivity index (χ3v) is 2.50. The molecule has 0 fully saturated rings. The van der Waals surface area contributed by atoms with Crippen molar-refractivity contribution in [2.24, 2.45) is 5.92 Å². The van der Waals surface area contributed by atoms with Crippen LogP contribution in [0.2, 0.25) is 5.31 Å². The second-order valence-electron chi connectivity index (χ2n) is 3.27. The van der Waals surface area contributed by atoms with Gasteiger partial charge in [0, 0.05) is 5.31 Å². The van der Waals surface area contributed by atoms with Crippen LogP contribution in [-0.4, -0.2) is 17.2 Å². The molecular formula is C8H13BO2. The van der Waals surface area contributed by atoms with Gasteiger partial charge in [-0.25, -0.2) is 0 Å². The van der Waals surface area contributed by atoms with Gasteiger partial charge in [0.05, 0.1) is 0 Å². The monoisotopic (exact) mass is 152 g/mol. The summed E-state index contributed by atoms with van der Waals surface area (Å²) < 4.78 is 0. The zero-order chi connectivity index (χ0) is 8.48. The van der Waals surface area contributed by atoms with Crippen molar-refractivity contribution in [3.63, 3.8) is 0 Å². The van der Waals surface area contributed by atoms with Gasteiger partial charge in [-0.1, -0.05) is 38.2 Å². The topological polar surface area (TPSA) is 40.5 Å². The van der Waals surface area contributed by atoms with Crippen LogP contribution >= 0.6 is 0 Å². The van der Waals surface area contributed by atoms with Crippen molar-refractivity contribution in [1.82, 2.24) is 0 Å². The molecule has 0 saturated carbocycles. The summed E-state index contributed by atoms with van der Waals surface area (Å²) >= 11 is 0. The zero-order valence-electron chi connectivity index (χ0n) is 6.86. The molecular weight excluding hydrogens is 139 g/mol. The Kier molecular flexibility index (Phi) is 2.21. The molecule has 11 heavy (non-hydrogen) atoms. The van der Waals surface area contributed by atoms with E-state index in [0.717, 1.165) is 0 Å². The quantitative estimate of drug-likeness (QED) is 0.550. The first kappa shape index (κ1) is 8.56. The number of rotatable bonds is 1. The molecule has 2 N–H and O–H groups in total. The Bertz CT molecular complexity index is 198. The van der Waals surface area contributed by atoms with Gasteiger partial charge in [-0.05, 0) is 5.92 Å². The van der Waals surface area contributed by atoms with Gasteiger partial charge in [0.2, 0.25) is 0 Å². The zero-order valence-corrected chi connectivity index (χ0v) is 6.86. The predicted octanol–water partition coefficient (Wildman–Crippen LogP) is 0.982. The summed E-state index contributed by atoms with van der Waals surface area (Å²) in [5.74, 6) is 0.174. The molecule has 0 amide bonds. The first-order valence-electron chi connectivity index (χ1n) is 3.79. The van der Waals surface area contributed by atoms with Gasteiger partial charge in [-0.2, -0.15) is 0 Å². The average molecular weight is 152 g/mol. The maximum absolute atomic E-state index is 9.08. The van der Waals surface area contributed by atoms with Crippen LogP contribution in [0.25, 0.3) is 0 Å². The van der Waals surface area contributed by atoms with Crippen LogP contribution in [0.1, 0.15) is 13.8 Å². The van der Waals surface area contributed by atoms with Gasteiger partial charge in [0.25, 0.3) is 0 Å². The minimum absolute atomic E-state index is 0.174. The maximum atomic E-state index is 9.08. The lowest BCUT2D eigenvalue weighted by molar-refractivity contribution is 0.341. The molecule has 60 valence electrons. The largest absolute Gasteiger partial charge is 0.462 e. The lowest BCUT2D eigenvalue weighted by Gasteiger charge is -2.31. The summed E-state index contributed by atoms with van der Waals surface area (Å²) in [4.78, 5) is 0. The summed E-state index contributed by atoms with van der Waals surface area (Å²) in [6.07, 6.45) is 7.58. The first-order valence-corrected chi connectivity index (χ1v) is 3.79. The normalized spacial score (nSPS) is 35.8. The fourth-order valence-electron chi connectivity index (χ4n) is 1.17. The minimum Gasteiger partial charge on any atom is -0.426 e. The Labute approximate surface area is 67.4 Å². The van der Waals surface area contributed by atoms with Crippen molar-refractivity contribution >= 4 is 7.12 Å². The maximum Gasteiger partial charge on any atom is 0.462 e. The third-order valence-electron chi connectivity index (χ3n) is 2.50. The molecule has 1 aliphatic rings. The Morgan fingerprint density at radius 2 is 2.00 bits per heavy atom. The van der Waals surface area contributed by atoms with Crippen LogP contribution in [0, 0.1) is 5.92 Å². The van der Waals surface area contributed by atoms with Crippen molar-refractivity contribution < 1.29 is 10.0 Å². The highest BCUT2D eigenvalue weighted by molar-refractivity contribution is 6.46. The SMILES string of the molecule is CC1C=CC=CC1(C)B(O)O. The van der Waals surface area contributed by atoms with Crippen LogP contribution in [0.3, 0.4) is 0 Å². The van der Waals surface area contributed by atoms with E-state index in [1.165, 1.54) is 0 Å². The molecule has 0 aromatic carbocycles. The van der Waals surface area contributed by atoms with Crippen LogP contribution in [-0.2, 0) is 0 Å². The molecule has 0 heterocycles. The van der Waals surface area contributed by atoms with Crippen molar-refractivity contribution in [3.05, 3.63) is 24.3 Å². The van der Waals surface area contributed by atoms with Crippen molar-refractivity contribution in [1.29, 1.82) is 0 Å². The predicted molar refractivity (Wildman–Crippen MR) is 46.0 cm³/mol. The first-order chi connectivity index (χ1) is 5.07. The van der Waals surface area contributed by atoms with E-state index < -0.39 is 12.4 Å². The molecule has 0 spiro atoms. The Hall–Kier alpha value is -0.535. The summed E-state index contributed by atoms with van der Waals surface area (Å²) in [7, 11) is -1.28. The smallest absolute Gasteiger partial charge is 0.426 e. The Balaban J connectivity index is 2.85. The second-order valence-corrected chi connectivity index (χ2v) is 3.27. The highest BCUT2D eigenvalue weighted by Crippen LogP contribution is 2.40. The van der Waals surface area contributed by atoms with Gasteiger partial charge in [0.1, 0.15) is 0 Å². The molecule has 0 aromatic rings. The lowest BCUT2D eigenvalue weighted by Crippen LogP contribution is -2.34. The molecule has 0 bridgehead atoms. The van der Waals surface area contributed by atoms with E-state index in [0.29, 0.717) is 0 Å². The number of hydrogen-bond acceptors (Lipinski definition) is 2. The summed E-state index contributed by atoms with van der Waals surface area (Å²) in [6, 6.07) is 0. The average Bonchev–Trinajstić information content (AvgIpc) is 1.95. The van der Waals surface area contributed by atoms with Crippen LogP contribution in [0.5, 0.6) is 0 Å². The number of allylic oxidation sites excluding steroid dienone is 4. The van der Waals surface area contributed by atoms with E-state index in [9.17, 15) is 0 Å². The summed E-state index contributed by atoms with van der Waals surface area (Å²) in [5, 5.41) is 17.6. The fourth-order valence-corrected chi connectivity index (χ4v) is 1.17. The molecule has 2 unspecified atom stereocenters. The van der Waals surface area contributed by atoms with Crippen LogP contribution in [0.15, 0.2) is 24.3 Å². The van der Waals surface area contributed by atoms with E-state index >= 15 is 0 Å². The molecule has 3 heteroatoms. The Morgan fingerprint density at radius 1 is 1.36 bits per heavy atom. The van der Waals surface area contributed by atoms with Crippen molar-refractivity contribution in [3.8, 4) is 0 Å². The highest BCUT2D eigenvalue weighted by atomic mass is 16.4. The lowest BCUT2D eigenvalue weighted by atomic mass is 9.52. The third kappa shape index (κ3) is 1.39. The van der Waals surface area contributed by atoms with Gasteiger partial charge in [0.15, 0.2) is 0 Å². The van der Waals surface area contributed by atoms with E-state index in [4.69, 9.17) is 10.0 Å².